The number of rotatable bonds is 6. The fourth-order valence-corrected chi connectivity index (χ4v) is 1.19. The third-order valence-electron chi connectivity index (χ3n) is 2.36. The van der Waals surface area contributed by atoms with Crippen molar-refractivity contribution < 1.29 is 9.53 Å². The maximum atomic E-state index is 11.6. The van der Waals surface area contributed by atoms with Gasteiger partial charge in [-0.25, -0.2) is 0 Å². The molecule has 1 amide bonds. The van der Waals surface area contributed by atoms with Crippen LogP contribution in [0.3, 0.4) is 0 Å². The monoisotopic (exact) mass is 226 g/mol. The average molecular weight is 226 g/mol. The standard InChI is InChI=1S/C10H18N4O2/c1-10(2,4-5-16-3)7-11-9(15)8-6-12-14-13-8/h6H,4-5,7H2,1-3H3,(H,11,15)(H,12,13,14). The number of ether oxygens (including phenoxy) is 1. The Hall–Kier alpha value is -1.43. The van der Waals surface area contributed by atoms with E-state index < -0.39 is 0 Å². The third-order valence-corrected chi connectivity index (χ3v) is 2.36. The highest BCUT2D eigenvalue weighted by molar-refractivity contribution is 5.91. The summed E-state index contributed by atoms with van der Waals surface area (Å²) in [6.45, 7) is 5.43. The Morgan fingerprint density at radius 2 is 2.38 bits per heavy atom. The minimum absolute atomic E-state index is 0.00933. The van der Waals surface area contributed by atoms with Gasteiger partial charge in [0.2, 0.25) is 0 Å². The van der Waals surface area contributed by atoms with Gasteiger partial charge in [-0.3, -0.25) is 4.79 Å². The summed E-state index contributed by atoms with van der Waals surface area (Å²) in [5.74, 6) is -0.209. The van der Waals surface area contributed by atoms with Crippen molar-refractivity contribution in [2.75, 3.05) is 20.3 Å². The van der Waals surface area contributed by atoms with Crippen LogP contribution in [0.5, 0.6) is 0 Å². The molecule has 0 aliphatic carbocycles. The topological polar surface area (TPSA) is 79.9 Å². The van der Waals surface area contributed by atoms with E-state index in [0.717, 1.165) is 6.42 Å². The van der Waals surface area contributed by atoms with Crippen LogP contribution in [-0.2, 0) is 4.74 Å². The predicted octanol–water partition coefficient (Wildman–Crippen LogP) is 0.597. The summed E-state index contributed by atoms with van der Waals surface area (Å²) in [6.07, 6.45) is 2.29. The molecule has 0 atom stereocenters. The molecule has 1 aromatic heterocycles. The van der Waals surface area contributed by atoms with Gasteiger partial charge in [-0.2, -0.15) is 15.4 Å². The van der Waals surface area contributed by atoms with Gasteiger partial charge in [-0.15, -0.1) is 0 Å². The zero-order valence-corrected chi connectivity index (χ0v) is 9.91. The number of aromatic amines is 1. The molecule has 0 spiro atoms. The van der Waals surface area contributed by atoms with Crippen LogP contribution >= 0.6 is 0 Å². The Morgan fingerprint density at radius 3 is 2.94 bits per heavy atom. The number of amides is 1. The lowest BCUT2D eigenvalue weighted by Gasteiger charge is -2.24. The zero-order chi connectivity index (χ0) is 12.0. The molecular formula is C10H18N4O2. The van der Waals surface area contributed by atoms with E-state index >= 15 is 0 Å². The molecule has 1 aromatic rings. The van der Waals surface area contributed by atoms with Crippen molar-refractivity contribution in [2.24, 2.45) is 5.41 Å². The van der Waals surface area contributed by atoms with Crippen LogP contribution in [0.15, 0.2) is 6.20 Å². The maximum absolute atomic E-state index is 11.6. The van der Waals surface area contributed by atoms with Crippen LogP contribution in [0.4, 0.5) is 0 Å². The Labute approximate surface area is 94.8 Å². The maximum Gasteiger partial charge on any atom is 0.273 e. The number of methoxy groups -OCH3 is 1. The number of H-pyrrole nitrogens is 1. The molecule has 16 heavy (non-hydrogen) atoms. The van der Waals surface area contributed by atoms with E-state index in [1.807, 2.05) is 0 Å². The summed E-state index contributed by atoms with van der Waals surface area (Å²) >= 11 is 0. The molecule has 6 nitrogen and oxygen atoms in total. The molecule has 0 unspecified atom stereocenters. The van der Waals surface area contributed by atoms with Crippen molar-refractivity contribution in [3.63, 3.8) is 0 Å². The van der Waals surface area contributed by atoms with Gasteiger partial charge in [0.1, 0.15) is 0 Å². The number of hydrogen-bond acceptors (Lipinski definition) is 4. The summed E-state index contributed by atoms with van der Waals surface area (Å²) in [5, 5.41) is 12.5. The molecule has 1 heterocycles. The lowest BCUT2D eigenvalue weighted by atomic mass is 9.90. The van der Waals surface area contributed by atoms with Crippen molar-refractivity contribution in [3.05, 3.63) is 11.9 Å². The number of hydrogen-bond donors (Lipinski definition) is 2. The second-order valence-corrected chi connectivity index (χ2v) is 4.44. The summed E-state index contributed by atoms with van der Waals surface area (Å²) in [5.41, 5.74) is 0.317. The molecule has 0 aliphatic rings. The Kier molecular flexibility index (Phi) is 4.42. The summed E-state index contributed by atoms with van der Waals surface area (Å²) in [7, 11) is 1.67. The molecule has 0 saturated carbocycles. The molecule has 0 aliphatic heterocycles. The first-order valence-electron chi connectivity index (χ1n) is 5.18. The van der Waals surface area contributed by atoms with E-state index in [-0.39, 0.29) is 11.3 Å². The molecule has 90 valence electrons. The Bertz CT molecular complexity index is 322. The van der Waals surface area contributed by atoms with Crippen LogP contribution < -0.4 is 5.32 Å². The van der Waals surface area contributed by atoms with E-state index in [1.54, 1.807) is 7.11 Å². The van der Waals surface area contributed by atoms with Gasteiger partial charge in [0.15, 0.2) is 5.69 Å². The van der Waals surface area contributed by atoms with Gasteiger partial charge < -0.3 is 10.1 Å². The molecule has 2 N–H and O–H groups in total. The highest BCUT2D eigenvalue weighted by Crippen LogP contribution is 2.18. The predicted molar refractivity (Wildman–Crippen MR) is 59.0 cm³/mol. The molecule has 6 heteroatoms. The molecule has 0 radical (unpaired) electrons. The van der Waals surface area contributed by atoms with E-state index in [4.69, 9.17) is 4.74 Å². The van der Waals surface area contributed by atoms with Gasteiger partial charge in [0, 0.05) is 20.3 Å². The Balaban J connectivity index is 2.36. The van der Waals surface area contributed by atoms with Crippen LogP contribution in [0.2, 0.25) is 0 Å². The minimum Gasteiger partial charge on any atom is -0.385 e. The normalized spacial score (nSPS) is 11.4. The second-order valence-electron chi connectivity index (χ2n) is 4.44. The molecular weight excluding hydrogens is 208 g/mol. The van der Waals surface area contributed by atoms with Gasteiger partial charge in [-0.05, 0) is 11.8 Å². The largest absolute Gasteiger partial charge is 0.385 e. The number of nitrogens with zero attached hydrogens (tertiary/aromatic N) is 2. The van der Waals surface area contributed by atoms with E-state index in [2.05, 4.69) is 34.6 Å². The lowest BCUT2D eigenvalue weighted by Crippen LogP contribution is -2.34. The Morgan fingerprint density at radius 1 is 1.62 bits per heavy atom. The SMILES string of the molecule is COCCC(C)(C)CNC(=O)c1cn[nH]n1. The minimum atomic E-state index is -0.209. The summed E-state index contributed by atoms with van der Waals surface area (Å²) in [4.78, 5) is 11.6. The number of nitrogens with one attached hydrogen (secondary N) is 2. The first-order valence-corrected chi connectivity index (χ1v) is 5.18. The third kappa shape index (κ3) is 3.98. The van der Waals surface area contributed by atoms with Crippen molar-refractivity contribution in [3.8, 4) is 0 Å². The van der Waals surface area contributed by atoms with Gasteiger partial charge >= 0.3 is 0 Å². The van der Waals surface area contributed by atoms with Crippen molar-refractivity contribution in [1.29, 1.82) is 0 Å². The first kappa shape index (κ1) is 12.6. The quantitative estimate of drug-likeness (QED) is 0.744. The van der Waals surface area contributed by atoms with Crippen LogP contribution in [0.1, 0.15) is 30.8 Å². The van der Waals surface area contributed by atoms with E-state index in [9.17, 15) is 4.79 Å². The summed E-state index contributed by atoms with van der Waals surface area (Å²) < 4.78 is 5.02. The fourth-order valence-electron chi connectivity index (χ4n) is 1.19. The van der Waals surface area contributed by atoms with Crippen molar-refractivity contribution >= 4 is 5.91 Å². The van der Waals surface area contributed by atoms with Gasteiger partial charge in [0.25, 0.3) is 5.91 Å². The smallest absolute Gasteiger partial charge is 0.273 e. The molecule has 0 bridgehead atoms. The van der Waals surface area contributed by atoms with Crippen LogP contribution in [-0.4, -0.2) is 41.6 Å². The molecule has 0 aromatic carbocycles. The van der Waals surface area contributed by atoms with E-state index in [0.29, 0.717) is 18.8 Å². The first-order chi connectivity index (χ1) is 7.55. The molecule has 1 rings (SSSR count). The molecule has 0 fully saturated rings. The second kappa shape index (κ2) is 5.60. The number of carbonyl (C=O) groups excluding carboxylic acids is 1. The molecule has 0 saturated heterocycles. The van der Waals surface area contributed by atoms with Gasteiger partial charge in [-0.1, -0.05) is 13.8 Å². The lowest BCUT2D eigenvalue weighted by molar-refractivity contribution is 0.0916. The van der Waals surface area contributed by atoms with E-state index in [1.165, 1.54) is 6.20 Å². The number of aromatic nitrogens is 3. The van der Waals surface area contributed by atoms with Crippen LogP contribution in [0.25, 0.3) is 0 Å². The van der Waals surface area contributed by atoms with Crippen molar-refractivity contribution in [1.82, 2.24) is 20.7 Å². The zero-order valence-electron chi connectivity index (χ0n) is 9.91. The summed E-state index contributed by atoms with van der Waals surface area (Å²) in [6, 6.07) is 0. The fraction of sp³-hybridized carbons (Fsp3) is 0.700. The highest BCUT2D eigenvalue weighted by Gasteiger charge is 2.19. The average Bonchev–Trinajstić information content (AvgIpc) is 2.77. The van der Waals surface area contributed by atoms with Crippen molar-refractivity contribution in [2.45, 2.75) is 20.3 Å². The van der Waals surface area contributed by atoms with Gasteiger partial charge in [0.05, 0.1) is 6.20 Å². The number of carbonyl (C=O) groups is 1. The highest BCUT2D eigenvalue weighted by atomic mass is 16.5. The van der Waals surface area contributed by atoms with Crippen LogP contribution in [0, 0.1) is 5.41 Å².